The summed E-state index contributed by atoms with van der Waals surface area (Å²) in [4.78, 5) is 6.77. The van der Waals surface area contributed by atoms with E-state index in [1.54, 1.807) is 0 Å². The molecule has 1 aliphatic rings. The Hall–Kier alpha value is -1.33. The zero-order valence-corrected chi connectivity index (χ0v) is 11.9. The van der Waals surface area contributed by atoms with Crippen molar-refractivity contribution in [1.82, 2.24) is 4.98 Å². The van der Waals surface area contributed by atoms with Crippen molar-refractivity contribution in [3.8, 4) is 0 Å². The van der Waals surface area contributed by atoms with E-state index in [0.29, 0.717) is 6.54 Å². The molecule has 2 N–H and O–H groups in total. The predicted molar refractivity (Wildman–Crippen MR) is 76.7 cm³/mol. The number of hydrogen-bond acceptors (Lipinski definition) is 5. The lowest BCUT2D eigenvalue weighted by Gasteiger charge is -2.42. The molecule has 5 nitrogen and oxygen atoms in total. The molecular weight excluding hydrogens is 242 g/mol. The van der Waals surface area contributed by atoms with Gasteiger partial charge in [-0.3, -0.25) is 0 Å². The second-order valence-corrected chi connectivity index (χ2v) is 5.47. The first-order valence-electron chi connectivity index (χ1n) is 6.78. The molecule has 0 saturated carbocycles. The zero-order valence-electron chi connectivity index (χ0n) is 11.9. The maximum absolute atomic E-state index is 9.34. The van der Waals surface area contributed by atoms with Crippen LogP contribution in [0.4, 0.5) is 11.6 Å². The van der Waals surface area contributed by atoms with Crippen LogP contribution in [0.1, 0.15) is 20.8 Å². The Morgan fingerprint density at radius 2 is 2.32 bits per heavy atom. The van der Waals surface area contributed by atoms with Crippen LogP contribution in [0.15, 0.2) is 18.2 Å². The lowest BCUT2D eigenvalue weighted by molar-refractivity contribution is -0.101. The van der Waals surface area contributed by atoms with Crippen molar-refractivity contribution in [2.75, 3.05) is 36.5 Å². The number of pyridine rings is 1. The van der Waals surface area contributed by atoms with E-state index in [-0.39, 0.29) is 18.3 Å². The summed E-state index contributed by atoms with van der Waals surface area (Å²) < 4.78 is 5.82. The van der Waals surface area contributed by atoms with Crippen molar-refractivity contribution in [2.24, 2.45) is 0 Å². The number of nitrogens with zero attached hydrogens (tertiary/aromatic N) is 2. The van der Waals surface area contributed by atoms with Crippen molar-refractivity contribution < 1.29 is 9.84 Å². The van der Waals surface area contributed by atoms with E-state index in [2.05, 4.69) is 15.2 Å². The van der Waals surface area contributed by atoms with Gasteiger partial charge in [0, 0.05) is 19.6 Å². The van der Waals surface area contributed by atoms with Gasteiger partial charge in [0.25, 0.3) is 0 Å². The summed E-state index contributed by atoms with van der Waals surface area (Å²) >= 11 is 0. The van der Waals surface area contributed by atoms with Gasteiger partial charge < -0.3 is 20.1 Å². The van der Waals surface area contributed by atoms with Gasteiger partial charge in [-0.15, -0.1) is 0 Å². The Balaban J connectivity index is 2.17. The molecule has 1 aromatic rings. The number of anilines is 2. The summed E-state index contributed by atoms with van der Waals surface area (Å²) in [6.07, 6.45) is -0.159. The average Bonchev–Trinajstić information content (AvgIpc) is 2.37. The summed E-state index contributed by atoms with van der Waals surface area (Å²) in [5.41, 5.74) is -0.276. The topological polar surface area (TPSA) is 57.6 Å². The molecule has 0 aliphatic carbocycles. The molecule has 106 valence electrons. The SMILES string of the molecule is CCNc1cccc(N2CC(CO)OC(C)(C)C2)n1. The van der Waals surface area contributed by atoms with Crippen LogP contribution in [-0.2, 0) is 4.74 Å². The van der Waals surface area contributed by atoms with Crippen LogP contribution in [0.25, 0.3) is 0 Å². The number of hydrogen-bond donors (Lipinski definition) is 2. The van der Waals surface area contributed by atoms with Crippen molar-refractivity contribution in [3.63, 3.8) is 0 Å². The molecule has 2 heterocycles. The van der Waals surface area contributed by atoms with Gasteiger partial charge in [-0.2, -0.15) is 0 Å². The maximum Gasteiger partial charge on any atom is 0.131 e. The van der Waals surface area contributed by atoms with Gasteiger partial charge in [0.15, 0.2) is 0 Å². The number of aliphatic hydroxyl groups excluding tert-OH is 1. The lowest BCUT2D eigenvalue weighted by Crippen LogP contribution is -2.54. The van der Waals surface area contributed by atoms with Gasteiger partial charge in [0.2, 0.25) is 0 Å². The van der Waals surface area contributed by atoms with Gasteiger partial charge in [-0.25, -0.2) is 4.98 Å². The van der Waals surface area contributed by atoms with Crippen molar-refractivity contribution in [3.05, 3.63) is 18.2 Å². The Bertz CT molecular complexity index is 423. The number of ether oxygens (including phenoxy) is 1. The molecule has 0 amide bonds. The molecule has 1 atom stereocenters. The van der Waals surface area contributed by atoms with Crippen LogP contribution >= 0.6 is 0 Å². The largest absolute Gasteiger partial charge is 0.394 e. The monoisotopic (exact) mass is 265 g/mol. The molecule has 0 bridgehead atoms. The molecule has 5 heteroatoms. The van der Waals surface area contributed by atoms with E-state index < -0.39 is 0 Å². The minimum absolute atomic E-state index is 0.0346. The smallest absolute Gasteiger partial charge is 0.131 e. The molecule has 1 aliphatic heterocycles. The third-order valence-corrected chi connectivity index (χ3v) is 3.10. The second-order valence-electron chi connectivity index (χ2n) is 5.47. The first-order chi connectivity index (χ1) is 9.04. The molecular formula is C14H23N3O2. The van der Waals surface area contributed by atoms with Gasteiger partial charge in [0.1, 0.15) is 11.6 Å². The standard InChI is InChI=1S/C14H23N3O2/c1-4-15-12-6-5-7-13(16-12)17-8-11(9-18)19-14(2,3)10-17/h5-7,11,18H,4,8-10H2,1-3H3,(H,15,16). The molecule has 1 fully saturated rings. The second kappa shape index (κ2) is 5.75. The highest BCUT2D eigenvalue weighted by Gasteiger charge is 2.33. The predicted octanol–water partition coefficient (Wildman–Crippen LogP) is 1.49. The highest BCUT2D eigenvalue weighted by Crippen LogP contribution is 2.25. The molecule has 0 spiro atoms. The van der Waals surface area contributed by atoms with Crippen LogP contribution in [-0.4, -0.2) is 48.0 Å². The summed E-state index contributed by atoms with van der Waals surface area (Å²) in [5, 5.41) is 12.6. The highest BCUT2D eigenvalue weighted by atomic mass is 16.5. The Morgan fingerprint density at radius 3 is 3.00 bits per heavy atom. The summed E-state index contributed by atoms with van der Waals surface area (Å²) in [6.45, 7) is 8.45. The van der Waals surface area contributed by atoms with E-state index in [1.807, 2.05) is 39.0 Å². The normalized spacial score (nSPS) is 22.3. The van der Waals surface area contributed by atoms with Gasteiger partial charge in [-0.05, 0) is 32.9 Å². The fourth-order valence-corrected chi connectivity index (χ4v) is 2.44. The molecule has 1 saturated heterocycles. The van der Waals surface area contributed by atoms with Crippen LogP contribution in [0, 0.1) is 0 Å². The minimum Gasteiger partial charge on any atom is -0.394 e. The van der Waals surface area contributed by atoms with E-state index in [0.717, 1.165) is 24.7 Å². The summed E-state index contributed by atoms with van der Waals surface area (Å²) in [6, 6.07) is 5.95. The van der Waals surface area contributed by atoms with Gasteiger partial charge in [0.05, 0.1) is 18.3 Å². The van der Waals surface area contributed by atoms with E-state index in [4.69, 9.17) is 4.74 Å². The number of rotatable bonds is 4. The van der Waals surface area contributed by atoms with Crippen LogP contribution in [0.5, 0.6) is 0 Å². The third-order valence-electron chi connectivity index (χ3n) is 3.10. The molecule has 19 heavy (non-hydrogen) atoms. The van der Waals surface area contributed by atoms with Crippen molar-refractivity contribution in [2.45, 2.75) is 32.5 Å². The Kier molecular flexibility index (Phi) is 4.27. The van der Waals surface area contributed by atoms with E-state index in [9.17, 15) is 5.11 Å². The van der Waals surface area contributed by atoms with Gasteiger partial charge >= 0.3 is 0 Å². The number of aliphatic hydroxyl groups is 1. The zero-order chi connectivity index (χ0) is 13.9. The summed E-state index contributed by atoms with van der Waals surface area (Å²) in [5.74, 6) is 1.80. The van der Waals surface area contributed by atoms with Gasteiger partial charge in [-0.1, -0.05) is 6.07 Å². The molecule has 0 radical (unpaired) electrons. The Labute approximate surface area is 114 Å². The fourth-order valence-electron chi connectivity index (χ4n) is 2.44. The van der Waals surface area contributed by atoms with Crippen LogP contribution in [0.3, 0.4) is 0 Å². The first kappa shape index (κ1) is 14.1. The van der Waals surface area contributed by atoms with E-state index >= 15 is 0 Å². The average molecular weight is 265 g/mol. The third kappa shape index (κ3) is 3.58. The molecule has 1 aromatic heterocycles. The minimum atomic E-state index is -0.276. The quantitative estimate of drug-likeness (QED) is 0.864. The molecule has 1 unspecified atom stereocenters. The van der Waals surface area contributed by atoms with Crippen molar-refractivity contribution >= 4 is 11.6 Å². The van der Waals surface area contributed by atoms with Crippen LogP contribution in [0.2, 0.25) is 0 Å². The highest BCUT2D eigenvalue weighted by molar-refractivity contribution is 5.47. The lowest BCUT2D eigenvalue weighted by atomic mass is 10.1. The number of aromatic nitrogens is 1. The van der Waals surface area contributed by atoms with Crippen LogP contribution < -0.4 is 10.2 Å². The maximum atomic E-state index is 9.34. The number of nitrogens with one attached hydrogen (secondary N) is 1. The fraction of sp³-hybridized carbons (Fsp3) is 0.643. The first-order valence-corrected chi connectivity index (χ1v) is 6.78. The number of morpholine rings is 1. The van der Waals surface area contributed by atoms with Crippen molar-refractivity contribution in [1.29, 1.82) is 0 Å². The Morgan fingerprint density at radius 1 is 1.53 bits per heavy atom. The molecule has 0 aromatic carbocycles. The van der Waals surface area contributed by atoms with E-state index in [1.165, 1.54) is 0 Å². The molecule has 2 rings (SSSR count). The summed E-state index contributed by atoms with van der Waals surface area (Å²) in [7, 11) is 0.